The molecule has 35 heavy (non-hydrogen) atoms. The third kappa shape index (κ3) is 7.07. The molecular formula is C29H24ClNO2S2. The van der Waals surface area contributed by atoms with Crippen LogP contribution in [-0.4, -0.2) is 28.3 Å². The van der Waals surface area contributed by atoms with E-state index in [2.05, 4.69) is 6.08 Å². The van der Waals surface area contributed by atoms with Crippen molar-refractivity contribution in [3.8, 4) is 0 Å². The minimum absolute atomic E-state index is 0.00213. The lowest BCUT2D eigenvalue weighted by Crippen LogP contribution is -2.14. The number of benzene rings is 3. The summed E-state index contributed by atoms with van der Waals surface area (Å²) in [6.45, 7) is 0. The molecule has 0 heterocycles. The SMILES string of the molecule is N=C(CCSC1C=CC(Cl)=CC1)C(=O)c1ccc(Sc2ccc(C(=O)c3ccccc3)cc2)cc1. The van der Waals surface area contributed by atoms with Gasteiger partial charge in [0, 0.05) is 43.2 Å². The van der Waals surface area contributed by atoms with Crippen LogP contribution in [0.15, 0.2) is 112 Å². The van der Waals surface area contributed by atoms with Crippen molar-refractivity contribution in [2.75, 3.05) is 5.75 Å². The Morgan fingerprint density at radius 3 is 2.06 bits per heavy atom. The highest BCUT2D eigenvalue weighted by Gasteiger charge is 2.15. The van der Waals surface area contributed by atoms with Gasteiger partial charge < -0.3 is 5.41 Å². The van der Waals surface area contributed by atoms with E-state index in [0.29, 0.717) is 28.4 Å². The van der Waals surface area contributed by atoms with Gasteiger partial charge in [-0.1, -0.05) is 65.8 Å². The van der Waals surface area contributed by atoms with Crippen molar-refractivity contribution in [3.05, 3.63) is 119 Å². The van der Waals surface area contributed by atoms with Gasteiger partial charge in [0.25, 0.3) is 0 Å². The summed E-state index contributed by atoms with van der Waals surface area (Å²) < 4.78 is 0. The van der Waals surface area contributed by atoms with Gasteiger partial charge in [-0.15, -0.1) is 0 Å². The smallest absolute Gasteiger partial charge is 0.206 e. The molecule has 3 aromatic carbocycles. The quantitative estimate of drug-likeness (QED) is 0.220. The topological polar surface area (TPSA) is 58.0 Å². The first kappa shape index (κ1) is 25.2. The number of allylic oxidation sites excluding steroid dienone is 3. The maximum absolute atomic E-state index is 12.6. The van der Waals surface area contributed by atoms with Gasteiger partial charge >= 0.3 is 0 Å². The minimum atomic E-state index is -0.229. The Balaban J connectivity index is 1.28. The summed E-state index contributed by atoms with van der Waals surface area (Å²) in [6, 6.07) is 24.1. The van der Waals surface area contributed by atoms with E-state index in [1.54, 1.807) is 35.7 Å². The van der Waals surface area contributed by atoms with Gasteiger partial charge in [0.1, 0.15) is 0 Å². The van der Waals surface area contributed by atoms with Crippen molar-refractivity contribution >= 4 is 52.4 Å². The second kappa shape index (κ2) is 12.2. The number of carbonyl (C=O) groups excluding carboxylic acids is 2. The number of thioether (sulfide) groups is 1. The van der Waals surface area contributed by atoms with Gasteiger partial charge in [0.05, 0.1) is 5.71 Å². The molecule has 1 N–H and O–H groups in total. The molecule has 176 valence electrons. The van der Waals surface area contributed by atoms with Crippen LogP contribution in [0.2, 0.25) is 0 Å². The highest BCUT2D eigenvalue weighted by molar-refractivity contribution is 8.00. The zero-order chi connectivity index (χ0) is 24.6. The average molecular weight is 518 g/mol. The van der Waals surface area contributed by atoms with E-state index in [4.69, 9.17) is 17.0 Å². The number of nitrogens with one attached hydrogen (secondary N) is 1. The molecule has 0 radical (unpaired) electrons. The minimum Gasteiger partial charge on any atom is -0.301 e. The highest BCUT2D eigenvalue weighted by atomic mass is 35.5. The van der Waals surface area contributed by atoms with Gasteiger partial charge in [0.2, 0.25) is 5.78 Å². The number of ketones is 2. The van der Waals surface area contributed by atoms with Crippen LogP contribution in [0.1, 0.15) is 39.1 Å². The van der Waals surface area contributed by atoms with Gasteiger partial charge in [-0.3, -0.25) is 9.59 Å². The molecule has 0 saturated carbocycles. The first-order valence-electron chi connectivity index (χ1n) is 11.2. The Kier molecular flexibility index (Phi) is 8.80. The Bertz CT molecular complexity index is 1270. The van der Waals surface area contributed by atoms with Crippen molar-refractivity contribution < 1.29 is 9.59 Å². The summed E-state index contributed by atoms with van der Waals surface area (Å²) in [7, 11) is 0. The summed E-state index contributed by atoms with van der Waals surface area (Å²) in [6.07, 6.45) is 7.29. The molecule has 0 spiro atoms. The molecule has 1 aliphatic carbocycles. The fraction of sp³-hybridized carbons (Fsp3) is 0.138. The summed E-state index contributed by atoms with van der Waals surface area (Å²) in [4.78, 5) is 27.2. The molecular weight excluding hydrogens is 494 g/mol. The maximum atomic E-state index is 12.6. The number of carbonyl (C=O) groups is 2. The molecule has 1 atom stereocenters. The lowest BCUT2D eigenvalue weighted by Gasteiger charge is -2.13. The van der Waals surface area contributed by atoms with Gasteiger partial charge in [-0.2, -0.15) is 11.8 Å². The normalized spacial score (nSPS) is 14.9. The second-order valence-corrected chi connectivity index (χ2v) is 10.9. The predicted octanol–water partition coefficient (Wildman–Crippen LogP) is 7.85. The first-order chi connectivity index (χ1) is 17.0. The van der Waals surface area contributed by atoms with Crippen LogP contribution in [0.25, 0.3) is 0 Å². The van der Waals surface area contributed by atoms with Crippen molar-refractivity contribution in [2.45, 2.75) is 27.9 Å². The van der Waals surface area contributed by atoms with E-state index in [9.17, 15) is 9.59 Å². The third-order valence-corrected chi connectivity index (χ3v) is 7.99. The highest BCUT2D eigenvalue weighted by Crippen LogP contribution is 2.29. The molecule has 0 amide bonds. The molecule has 0 bridgehead atoms. The van der Waals surface area contributed by atoms with E-state index in [1.807, 2.05) is 78.9 Å². The standard InChI is InChI=1S/C29H24ClNO2S2/c30-23-10-16-24(17-11-23)34-19-18-27(31)29(33)22-8-14-26(15-9-22)35-25-12-6-21(7-13-25)28(32)20-4-2-1-3-5-20/h1-16,24,31H,17-19H2. The molecule has 3 nitrogen and oxygen atoms in total. The summed E-state index contributed by atoms with van der Waals surface area (Å²) in [5, 5.41) is 9.30. The van der Waals surface area contributed by atoms with Crippen LogP contribution in [0, 0.1) is 5.41 Å². The molecule has 4 rings (SSSR count). The zero-order valence-electron chi connectivity index (χ0n) is 18.9. The average Bonchev–Trinajstić information content (AvgIpc) is 2.90. The van der Waals surface area contributed by atoms with E-state index in [-0.39, 0.29) is 17.3 Å². The van der Waals surface area contributed by atoms with Gasteiger partial charge in [-0.05, 0) is 66.8 Å². The summed E-state index contributed by atoms with van der Waals surface area (Å²) in [5.74, 6) is 0.497. The predicted molar refractivity (Wildman–Crippen MR) is 147 cm³/mol. The van der Waals surface area contributed by atoms with Crippen molar-refractivity contribution in [1.29, 1.82) is 5.41 Å². The first-order valence-corrected chi connectivity index (χ1v) is 13.5. The van der Waals surface area contributed by atoms with Gasteiger partial charge in [0.15, 0.2) is 5.78 Å². The van der Waals surface area contributed by atoms with Crippen LogP contribution >= 0.6 is 35.1 Å². The maximum Gasteiger partial charge on any atom is 0.206 e. The number of hydrogen-bond donors (Lipinski definition) is 1. The zero-order valence-corrected chi connectivity index (χ0v) is 21.3. The molecule has 1 unspecified atom stereocenters. The summed E-state index contributed by atoms with van der Waals surface area (Å²) >= 11 is 9.24. The lowest BCUT2D eigenvalue weighted by atomic mass is 10.0. The van der Waals surface area contributed by atoms with Crippen LogP contribution < -0.4 is 0 Å². The van der Waals surface area contributed by atoms with Crippen LogP contribution in [0.5, 0.6) is 0 Å². The van der Waals surface area contributed by atoms with E-state index in [0.717, 1.165) is 27.0 Å². The molecule has 0 aliphatic heterocycles. The lowest BCUT2D eigenvalue weighted by molar-refractivity contribution is 0.103. The molecule has 0 aromatic heterocycles. The Morgan fingerprint density at radius 2 is 1.46 bits per heavy atom. The largest absolute Gasteiger partial charge is 0.301 e. The van der Waals surface area contributed by atoms with Crippen LogP contribution in [0.3, 0.4) is 0 Å². The molecule has 1 aliphatic rings. The number of halogens is 1. The third-order valence-electron chi connectivity index (χ3n) is 5.48. The Hall–Kier alpha value is -2.86. The van der Waals surface area contributed by atoms with Gasteiger partial charge in [-0.25, -0.2) is 0 Å². The van der Waals surface area contributed by atoms with Crippen LogP contribution in [0.4, 0.5) is 0 Å². The molecule has 0 saturated heterocycles. The molecule has 3 aromatic rings. The summed E-state index contributed by atoms with van der Waals surface area (Å²) in [5.41, 5.74) is 1.98. The fourth-order valence-electron chi connectivity index (χ4n) is 3.54. The van der Waals surface area contributed by atoms with E-state index >= 15 is 0 Å². The fourth-order valence-corrected chi connectivity index (χ4v) is 5.56. The van der Waals surface area contributed by atoms with Crippen LogP contribution in [-0.2, 0) is 0 Å². The number of Topliss-reactive ketones (excluding diaryl/α,β-unsaturated/α-hetero) is 1. The number of hydrogen-bond acceptors (Lipinski definition) is 5. The number of rotatable bonds is 10. The molecule has 0 fully saturated rings. The van der Waals surface area contributed by atoms with E-state index in [1.165, 1.54) is 0 Å². The Morgan fingerprint density at radius 1 is 0.857 bits per heavy atom. The van der Waals surface area contributed by atoms with Crippen molar-refractivity contribution in [2.24, 2.45) is 0 Å². The second-order valence-electron chi connectivity index (χ2n) is 8.00. The van der Waals surface area contributed by atoms with Crippen molar-refractivity contribution in [3.63, 3.8) is 0 Å². The van der Waals surface area contributed by atoms with Crippen molar-refractivity contribution in [1.82, 2.24) is 0 Å². The monoisotopic (exact) mass is 517 g/mol. The molecule has 6 heteroatoms. The van der Waals surface area contributed by atoms with E-state index < -0.39 is 0 Å². The Labute approximate surface area is 219 Å².